The number of carbonyl (C=O) groups excluding carboxylic acids is 1. The number of ether oxygens (including phenoxy) is 3. The number of nitrogens with one attached hydrogen (secondary N) is 1. The number of nitro groups is 1. The second kappa shape index (κ2) is 11.3. The molecule has 13 nitrogen and oxygen atoms in total. The second-order valence-corrected chi connectivity index (χ2v) is 11.7. The molecule has 14 heteroatoms. The van der Waals surface area contributed by atoms with Crippen LogP contribution < -0.4 is 15.2 Å². The van der Waals surface area contributed by atoms with Gasteiger partial charge < -0.3 is 24.9 Å². The highest BCUT2D eigenvalue weighted by Crippen LogP contribution is 2.41. The molecule has 2 aliphatic rings. The summed E-state index contributed by atoms with van der Waals surface area (Å²) in [7, 11) is -4.66. The number of amides is 1. The number of carbonyl (C=O) groups is 1. The van der Waals surface area contributed by atoms with Crippen molar-refractivity contribution in [2.24, 2.45) is 11.7 Å². The lowest BCUT2D eigenvalue weighted by Crippen LogP contribution is -2.53. The van der Waals surface area contributed by atoms with Crippen molar-refractivity contribution in [2.45, 2.75) is 22.8 Å². The third-order valence-electron chi connectivity index (χ3n) is 7.18. The van der Waals surface area contributed by atoms with Crippen molar-refractivity contribution in [1.82, 2.24) is 14.9 Å². The van der Waals surface area contributed by atoms with Crippen LogP contribution in [0.2, 0.25) is 0 Å². The molecule has 0 saturated carbocycles. The fourth-order valence-electron chi connectivity index (χ4n) is 5.02. The van der Waals surface area contributed by atoms with Crippen molar-refractivity contribution in [3.8, 4) is 11.5 Å². The summed E-state index contributed by atoms with van der Waals surface area (Å²) >= 11 is 0. The lowest BCUT2D eigenvalue weighted by molar-refractivity contribution is -0.386. The topological polar surface area (TPSA) is 180 Å². The summed E-state index contributed by atoms with van der Waals surface area (Å²) in [5, 5.41) is 12.7. The van der Waals surface area contributed by atoms with Crippen molar-refractivity contribution >= 4 is 32.5 Å². The number of hydrogen-bond donors (Lipinski definition) is 2. The number of nitrogens with two attached hydrogens (primary N) is 1. The van der Waals surface area contributed by atoms with Gasteiger partial charge in [0.15, 0.2) is 5.75 Å². The van der Waals surface area contributed by atoms with Gasteiger partial charge in [-0.2, -0.15) is 0 Å². The fourth-order valence-corrected chi connectivity index (χ4v) is 6.90. The van der Waals surface area contributed by atoms with Crippen LogP contribution in [0.3, 0.4) is 0 Å². The summed E-state index contributed by atoms with van der Waals surface area (Å²) in [5.74, 6) is -2.47. The van der Waals surface area contributed by atoms with Crippen molar-refractivity contribution in [2.75, 3.05) is 32.9 Å². The van der Waals surface area contributed by atoms with Crippen LogP contribution in [0.25, 0.3) is 11.0 Å². The predicted octanol–water partition coefficient (Wildman–Crippen LogP) is 2.35. The number of likely N-dealkylation sites (N-methyl/N-ethyl adjacent to an activating group) is 1. The van der Waals surface area contributed by atoms with Crippen LogP contribution >= 0.6 is 0 Å². The maximum atomic E-state index is 14.3. The second-order valence-electron chi connectivity index (χ2n) is 9.59. The molecule has 3 unspecified atom stereocenters. The summed E-state index contributed by atoms with van der Waals surface area (Å²) in [6, 6.07) is 6.50. The number of primary amides is 1. The molecular formula is C27H29N5O8S. The van der Waals surface area contributed by atoms with Gasteiger partial charge in [-0.25, -0.2) is 13.4 Å². The molecule has 1 aliphatic heterocycles. The molecule has 1 saturated heterocycles. The molecule has 1 aromatic carbocycles. The molecule has 3 N–H and O–H groups in total. The SMILES string of the molecule is CCN1CCOCC1COc1ccc(S(=O)(=O)C2(Oc3cnc4[nH]ccc4c3)C=CC=CC2C(N)=O)cc1[N+](=O)[O-]. The lowest BCUT2D eigenvalue weighted by Gasteiger charge is -2.36. The molecule has 1 fully saturated rings. The number of sulfone groups is 1. The molecule has 216 valence electrons. The van der Waals surface area contributed by atoms with Crippen LogP contribution in [-0.2, 0) is 19.4 Å². The molecule has 1 aliphatic carbocycles. The van der Waals surface area contributed by atoms with Gasteiger partial charge in [0.1, 0.15) is 23.9 Å². The number of nitrogens with zero attached hydrogens (tertiary/aromatic N) is 3. The minimum atomic E-state index is -4.66. The first-order valence-corrected chi connectivity index (χ1v) is 14.4. The Bertz CT molecular complexity index is 1640. The number of benzene rings is 1. The predicted molar refractivity (Wildman–Crippen MR) is 148 cm³/mol. The summed E-state index contributed by atoms with van der Waals surface area (Å²) in [4.78, 5) is 30.4. The van der Waals surface area contributed by atoms with E-state index in [2.05, 4.69) is 14.9 Å². The molecule has 0 spiro atoms. The molecule has 0 bridgehead atoms. The van der Waals surface area contributed by atoms with Gasteiger partial charge in [-0.3, -0.25) is 19.8 Å². The molecule has 0 radical (unpaired) electrons. The Morgan fingerprint density at radius 3 is 2.90 bits per heavy atom. The third-order valence-corrected chi connectivity index (χ3v) is 9.37. The molecule has 41 heavy (non-hydrogen) atoms. The molecule has 3 aromatic rings. The van der Waals surface area contributed by atoms with Gasteiger partial charge in [0, 0.05) is 24.2 Å². The number of fused-ring (bicyclic) bond motifs is 1. The first-order valence-electron chi connectivity index (χ1n) is 12.9. The van der Waals surface area contributed by atoms with E-state index in [4.69, 9.17) is 19.9 Å². The number of pyridine rings is 1. The summed E-state index contributed by atoms with van der Waals surface area (Å²) < 4.78 is 46.0. The average molecular weight is 584 g/mol. The maximum absolute atomic E-state index is 14.3. The Morgan fingerprint density at radius 2 is 2.15 bits per heavy atom. The summed E-state index contributed by atoms with van der Waals surface area (Å²) in [5.41, 5.74) is 5.64. The summed E-state index contributed by atoms with van der Waals surface area (Å²) in [6.45, 7) is 4.58. The smallest absolute Gasteiger partial charge is 0.312 e. The van der Waals surface area contributed by atoms with Crippen LogP contribution in [0.4, 0.5) is 5.69 Å². The van der Waals surface area contributed by atoms with Crippen LogP contribution in [-0.4, -0.2) is 78.0 Å². The highest BCUT2D eigenvalue weighted by molar-refractivity contribution is 7.93. The van der Waals surface area contributed by atoms with Gasteiger partial charge in [0.05, 0.1) is 35.3 Å². The maximum Gasteiger partial charge on any atom is 0.312 e. The Hall–Kier alpha value is -4.27. The van der Waals surface area contributed by atoms with Gasteiger partial charge in [0.2, 0.25) is 20.7 Å². The van der Waals surface area contributed by atoms with Crippen molar-refractivity contribution in [1.29, 1.82) is 0 Å². The molecule has 3 atom stereocenters. The summed E-state index contributed by atoms with van der Waals surface area (Å²) in [6.07, 6.45) is 8.39. The van der Waals surface area contributed by atoms with E-state index in [1.54, 1.807) is 18.3 Å². The Kier molecular flexibility index (Phi) is 7.80. The van der Waals surface area contributed by atoms with Crippen molar-refractivity contribution in [3.05, 3.63) is 77.1 Å². The lowest BCUT2D eigenvalue weighted by atomic mass is 9.96. The molecule has 3 heterocycles. The normalized spacial score (nSPS) is 23.0. The zero-order chi connectivity index (χ0) is 29.2. The number of allylic oxidation sites excluding steroid dienone is 2. The number of nitro benzene ring substituents is 1. The van der Waals surface area contributed by atoms with Crippen LogP contribution in [0, 0.1) is 16.0 Å². The molecule has 5 rings (SSSR count). The van der Waals surface area contributed by atoms with Gasteiger partial charge >= 0.3 is 5.69 Å². The number of hydrogen-bond acceptors (Lipinski definition) is 10. The number of aromatic amines is 1. The highest BCUT2D eigenvalue weighted by atomic mass is 32.2. The van der Waals surface area contributed by atoms with Crippen LogP contribution in [0.1, 0.15) is 6.92 Å². The van der Waals surface area contributed by atoms with Crippen LogP contribution in [0.15, 0.2) is 71.9 Å². The van der Waals surface area contributed by atoms with E-state index in [-0.39, 0.29) is 24.1 Å². The molecular weight excluding hydrogens is 554 g/mol. The Balaban J connectivity index is 1.53. The zero-order valence-electron chi connectivity index (χ0n) is 22.1. The molecule has 1 amide bonds. The van der Waals surface area contributed by atoms with E-state index in [9.17, 15) is 23.3 Å². The van der Waals surface area contributed by atoms with Gasteiger partial charge in [-0.1, -0.05) is 25.2 Å². The van der Waals surface area contributed by atoms with Gasteiger partial charge in [-0.15, -0.1) is 0 Å². The van der Waals surface area contributed by atoms with Gasteiger partial charge in [0.25, 0.3) is 0 Å². The molecule has 2 aromatic heterocycles. The van der Waals surface area contributed by atoms with Crippen molar-refractivity contribution < 1.29 is 32.3 Å². The van der Waals surface area contributed by atoms with E-state index < -0.39 is 42.1 Å². The van der Waals surface area contributed by atoms with Crippen molar-refractivity contribution in [3.63, 3.8) is 0 Å². The third kappa shape index (κ3) is 5.28. The minimum Gasteiger partial charge on any atom is -0.485 e. The standard InChI is InChI=1S/C27H29N5O8S/c1-2-31-11-12-38-16-19(31)17-39-24-7-6-21(14-23(24)32(34)35)41(36,37)27(9-4-3-5-22(27)25(28)33)40-20-13-18-8-10-29-26(18)30-15-20/h3-10,13-15,19,22H,2,11-12,16-17H2,1H3,(H2,28,33)(H,29,30). The Labute approximate surface area is 235 Å². The highest BCUT2D eigenvalue weighted by Gasteiger charge is 2.54. The van der Waals surface area contributed by atoms with E-state index in [0.29, 0.717) is 30.8 Å². The van der Waals surface area contributed by atoms with E-state index in [0.717, 1.165) is 12.6 Å². The first-order chi connectivity index (χ1) is 19.7. The van der Waals surface area contributed by atoms with E-state index in [1.165, 1.54) is 42.6 Å². The number of morpholine rings is 1. The zero-order valence-corrected chi connectivity index (χ0v) is 23.0. The fraction of sp³-hybridized carbons (Fsp3) is 0.333. The number of rotatable bonds is 10. The number of aromatic nitrogens is 2. The van der Waals surface area contributed by atoms with Gasteiger partial charge in [-0.05, 0) is 36.9 Å². The quantitative estimate of drug-likeness (QED) is 0.266. The number of H-pyrrole nitrogens is 1. The Morgan fingerprint density at radius 1 is 1.32 bits per heavy atom. The van der Waals surface area contributed by atoms with Crippen LogP contribution in [0.5, 0.6) is 11.5 Å². The van der Waals surface area contributed by atoms with E-state index >= 15 is 0 Å². The largest absolute Gasteiger partial charge is 0.485 e. The van der Waals surface area contributed by atoms with E-state index in [1.807, 2.05) is 6.92 Å². The first kappa shape index (κ1) is 28.3. The monoisotopic (exact) mass is 583 g/mol. The minimum absolute atomic E-state index is 0.0523. The average Bonchev–Trinajstić information content (AvgIpc) is 3.44.